The first-order chi connectivity index (χ1) is 8.08. The standard InChI is InChI=1S/C12H20N4O/c1-9-2-4-10(5-3-9)6-15-7-11(17)8-16-12(13)14/h2-5,11,15,17H,6-8H2,1H3,(H4,13,14,16). The van der Waals surface area contributed by atoms with Gasteiger partial charge < -0.3 is 21.9 Å². The average Bonchev–Trinajstić information content (AvgIpc) is 2.29. The molecule has 0 saturated heterocycles. The Hall–Kier alpha value is -1.59. The van der Waals surface area contributed by atoms with Crippen LogP contribution in [0.15, 0.2) is 29.3 Å². The van der Waals surface area contributed by atoms with E-state index in [9.17, 15) is 5.11 Å². The Labute approximate surface area is 102 Å². The molecule has 0 spiro atoms. The monoisotopic (exact) mass is 236 g/mol. The predicted octanol–water partition coefficient (Wildman–Crippen LogP) is -0.281. The van der Waals surface area contributed by atoms with E-state index < -0.39 is 6.10 Å². The number of guanidine groups is 1. The molecule has 5 nitrogen and oxygen atoms in total. The van der Waals surface area contributed by atoms with Gasteiger partial charge in [-0.05, 0) is 12.5 Å². The summed E-state index contributed by atoms with van der Waals surface area (Å²) in [7, 11) is 0. The molecule has 0 radical (unpaired) electrons. The molecule has 94 valence electrons. The zero-order chi connectivity index (χ0) is 12.7. The molecular formula is C12H20N4O. The van der Waals surface area contributed by atoms with Crippen LogP contribution < -0.4 is 16.8 Å². The van der Waals surface area contributed by atoms with E-state index in [-0.39, 0.29) is 12.5 Å². The molecular weight excluding hydrogens is 216 g/mol. The first-order valence-corrected chi connectivity index (χ1v) is 5.57. The summed E-state index contributed by atoms with van der Waals surface area (Å²) in [6.45, 7) is 3.46. The highest BCUT2D eigenvalue weighted by atomic mass is 16.3. The summed E-state index contributed by atoms with van der Waals surface area (Å²) in [5, 5.41) is 12.7. The maximum Gasteiger partial charge on any atom is 0.185 e. The quantitative estimate of drug-likeness (QED) is 0.403. The van der Waals surface area contributed by atoms with E-state index in [1.807, 2.05) is 0 Å². The average molecular weight is 236 g/mol. The van der Waals surface area contributed by atoms with E-state index in [1.165, 1.54) is 11.1 Å². The summed E-state index contributed by atoms with van der Waals surface area (Å²) >= 11 is 0. The van der Waals surface area contributed by atoms with Crippen molar-refractivity contribution >= 4 is 5.96 Å². The lowest BCUT2D eigenvalue weighted by Crippen LogP contribution is -2.31. The van der Waals surface area contributed by atoms with E-state index in [2.05, 4.69) is 41.5 Å². The van der Waals surface area contributed by atoms with Crippen LogP contribution in [0.25, 0.3) is 0 Å². The fourth-order valence-corrected chi connectivity index (χ4v) is 1.36. The molecule has 1 rings (SSSR count). The Morgan fingerprint density at radius 1 is 1.35 bits per heavy atom. The minimum Gasteiger partial charge on any atom is -0.390 e. The van der Waals surface area contributed by atoms with Gasteiger partial charge in [0, 0.05) is 13.1 Å². The van der Waals surface area contributed by atoms with Crippen molar-refractivity contribution in [2.24, 2.45) is 16.5 Å². The Morgan fingerprint density at radius 3 is 2.59 bits per heavy atom. The fraction of sp³-hybridized carbons (Fsp3) is 0.417. The van der Waals surface area contributed by atoms with Crippen LogP contribution in [0.3, 0.4) is 0 Å². The van der Waals surface area contributed by atoms with Crippen LogP contribution in [0.5, 0.6) is 0 Å². The van der Waals surface area contributed by atoms with Crippen molar-refractivity contribution in [3.8, 4) is 0 Å². The molecule has 0 aliphatic heterocycles. The largest absolute Gasteiger partial charge is 0.390 e. The van der Waals surface area contributed by atoms with Crippen LogP contribution in [-0.2, 0) is 6.54 Å². The second-order valence-corrected chi connectivity index (χ2v) is 4.04. The molecule has 1 aromatic rings. The lowest BCUT2D eigenvalue weighted by molar-refractivity contribution is 0.180. The highest BCUT2D eigenvalue weighted by Crippen LogP contribution is 2.02. The van der Waals surface area contributed by atoms with Crippen molar-refractivity contribution in [2.45, 2.75) is 19.6 Å². The Kier molecular flexibility index (Phi) is 5.45. The van der Waals surface area contributed by atoms with Gasteiger partial charge in [-0.3, -0.25) is 4.99 Å². The van der Waals surface area contributed by atoms with E-state index in [4.69, 9.17) is 11.5 Å². The minimum atomic E-state index is -0.567. The summed E-state index contributed by atoms with van der Waals surface area (Å²) < 4.78 is 0. The van der Waals surface area contributed by atoms with Crippen molar-refractivity contribution in [1.29, 1.82) is 0 Å². The Bertz CT molecular complexity index is 357. The highest BCUT2D eigenvalue weighted by molar-refractivity contribution is 5.75. The molecule has 0 amide bonds. The predicted molar refractivity (Wildman–Crippen MR) is 69.6 cm³/mol. The third-order valence-electron chi connectivity index (χ3n) is 2.31. The smallest absolute Gasteiger partial charge is 0.185 e. The lowest BCUT2D eigenvalue weighted by atomic mass is 10.1. The van der Waals surface area contributed by atoms with Gasteiger partial charge in [-0.1, -0.05) is 29.8 Å². The van der Waals surface area contributed by atoms with E-state index in [0.29, 0.717) is 6.54 Å². The highest BCUT2D eigenvalue weighted by Gasteiger charge is 2.02. The summed E-state index contributed by atoms with van der Waals surface area (Å²) in [5.41, 5.74) is 12.8. The maximum absolute atomic E-state index is 9.54. The van der Waals surface area contributed by atoms with Gasteiger partial charge in [-0.25, -0.2) is 0 Å². The van der Waals surface area contributed by atoms with Gasteiger partial charge in [0.2, 0.25) is 0 Å². The van der Waals surface area contributed by atoms with Gasteiger partial charge in [0.05, 0.1) is 12.6 Å². The van der Waals surface area contributed by atoms with E-state index >= 15 is 0 Å². The molecule has 1 unspecified atom stereocenters. The number of aliphatic hydroxyl groups is 1. The van der Waals surface area contributed by atoms with Gasteiger partial charge in [-0.2, -0.15) is 0 Å². The fourth-order valence-electron chi connectivity index (χ4n) is 1.36. The molecule has 0 aromatic heterocycles. The molecule has 1 aromatic carbocycles. The van der Waals surface area contributed by atoms with Crippen LogP contribution in [-0.4, -0.2) is 30.3 Å². The van der Waals surface area contributed by atoms with E-state index in [0.717, 1.165) is 6.54 Å². The second kappa shape index (κ2) is 6.88. The molecule has 0 bridgehead atoms. The van der Waals surface area contributed by atoms with Gasteiger partial charge in [0.25, 0.3) is 0 Å². The van der Waals surface area contributed by atoms with Crippen LogP contribution in [0.4, 0.5) is 0 Å². The number of benzene rings is 1. The first-order valence-electron chi connectivity index (χ1n) is 5.57. The van der Waals surface area contributed by atoms with Gasteiger partial charge in [-0.15, -0.1) is 0 Å². The minimum absolute atomic E-state index is 0.00239. The Morgan fingerprint density at radius 2 is 2.00 bits per heavy atom. The molecule has 0 saturated carbocycles. The number of nitrogens with zero attached hydrogens (tertiary/aromatic N) is 1. The normalized spacial score (nSPS) is 12.1. The Balaban J connectivity index is 2.23. The molecule has 0 heterocycles. The van der Waals surface area contributed by atoms with Crippen molar-refractivity contribution in [3.05, 3.63) is 35.4 Å². The number of aryl methyl sites for hydroxylation is 1. The SMILES string of the molecule is Cc1ccc(CNCC(O)CN=C(N)N)cc1. The molecule has 0 aliphatic carbocycles. The summed E-state index contributed by atoms with van der Waals surface area (Å²) in [4.78, 5) is 3.74. The summed E-state index contributed by atoms with van der Waals surface area (Å²) in [5.74, 6) is 0.00239. The lowest BCUT2D eigenvalue weighted by Gasteiger charge is -2.09. The van der Waals surface area contributed by atoms with Crippen molar-refractivity contribution in [2.75, 3.05) is 13.1 Å². The number of aliphatic hydroxyl groups excluding tert-OH is 1. The molecule has 17 heavy (non-hydrogen) atoms. The van der Waals surface area contributed by atoms with Gasteiger partial charge in [0.15, 0.2) is 5.96 Å². The second-order valence-electron chi connectivity index (χ2n) is 4.04. The van der Waals surface area contributed by atoms with Crippen molar-refractivity contribution in [1.82, 2.24) is 5.32 Å². The number of nitrogens with one attached hydrogen (secondary N) is 1. The van der Waals surface area contributed by atoms with Crippen LogP contribution >= 0.6 is 0 Å². The number of hydrogen-bond acceptors (Lipinski definition) is 3. The number of nitrogens with two attached hydrogens (primary N) is 2. The summed E-state index contributed by atoms with van der Waals surface area (Å²) in [6, 6.07) is 8.25. The summed E-state index contributed by atoms with van der Waals surface area (Å²) in [6.07, 6.45) is -0.567. The third-order valence-corrected chi connectivity index (χ3v) is 2.31. The van der Waals surface area contributed by atoms with Crippen LogP contribution in [0.2, 0.25) is 0 Å². The number of rotatable bonds is 6. The van der Waals surface area contributed by atoms with Crippen LogP contribution in [0, 0.1) is 6.92 Å². The first kappa shape index (κ1) is 13.5. The zero-order valence-electron chi connectivity index (χ0n) is 10.1. The van der Waals surface area contributed by atoms with Crippen molar-refractivity contribution < 1.29 is 5.11 Å². The number of aliphatic imine (C=N–C) groups is 1. The van der Waals surface area contributed by atoms with E-state index in [1.54, 1.807) is 0 Å². The zero-order valence-corrected chi connectivity index (χ0v) is 10.1. The molecule has 0 aliphatic rings. The molecule has 1 atom stereocenters. The molecule has 0 fully saturated rings. The molecule has 6 N–H and O–H groups in total. The topological polar surface area (TPSA) is 96.7 Å². The maximum atomic E-state index is 9.54. The van der Waals surface area contributed by atoms with Gasteiger partial charge in [0.1, 0.15) is 0 Å². The number of hydrogen-bond donors (Lipinski definition) is 4. The van der Waals surface area contributed by atoms with Crippen LogP contribution in [0.1, 0.15) is 11.1 Å². The van der Waals surface area contributed by atoms with Crippen molar-refractivity contribution in [3.63, 3.8) is 0 Å². The van der Waals surface area contributed by atoms with Gasteiger partial charge >= 0.3 is 0 Å². The molecule has 5 heteroatoms. The third kappa shape index (κ3) is 5.89.